The number of aliphatic hydroxyl groups excluding tert-OH is 1. The monoisotopic (exact) mass is 108 g/mol. The summed E-state index contributed by atoms with van der Waals surface area (Å²) in [5.41, 5.74) is 0. The summed E-state index contributed by atoms with van der Waals surface area (Å²) in [5, 5.41) is 7.57. The van der Waals surface area contributed by atoms with Gasteiger partial charge in [-0.2, -0.15) is 0 Å². The van der Waals surface area contributed by atoms with Crippen molar-refractivity contribution in [1.82, 2.24) is 0 Å². The predicted molar refractivity (Wildman–Crippen MR) is 13.4 cm³/mol. The van der Waals surface area contributed by atoms with Crippen LogP contribution >= 0.6 is 0 Å². The summed E-state index contributed by atoms with van der Waals surface area (Å²) < 4.78 is 0. The molecule has 0 rings (SSSR count). The second-order valence-electron chi connectivity index (χ2n) is 0.316. The maximum absolute atomic E-state index is 7.57. The Kier molecular flexibility index (Phi) is 117. The zero-order valence-corrected chi connectivity index (χ0v) is 8.56. The van der Waals surface area contributed by atoms with Crippen molar-refractivity contribution in [2.24, 2.45) is 0 Å². The van der Waals surface area contributed by atoms with E-state index in [-0.39, 0.29) is 71.2 Å². The number of hydrogen-bond donors (Lipinski definition) is 1. The fourth-order valence-corrected chi connectivity index (χ4v) is 0. The maximum atomic E-state index is 7.57. The van der Waals surface area contributed by atoms with E-state index in [0.717, 1.165) is 0 Å². The minimum Gasteiger partial charge on any atom is -2.00 e. The molecule has 28 valence electrons. The predicted octanol–water partition coefficient (Wildman–Crippen LogP) is -6.11. The molecule has 4 heteroatoms. The molecule has 0 aromatic carbocycles. The van der Waals surface area contributed by atoms with Gasteiger partial charge in [0.15, 0.2) is 0 Å². The van der Waals surface area contributed by atoms with Crippen LogP contribution in [0.25, 0.3) is 0 Å². The average Bonchev–Trinajstić information content (AvgIpc) is 0.918. The summed E-state index contributed by atoms with van der Waals surface area (Å²) in [6.07, 6.45) is 0. The van der Waals surface area contributed by atoms with Crippen LogP contribution in [0.15, 0.2) is 0 Å². The van der Waals surface area contributed by atoms with Crippen molar-refractivity contribution in [2.75, 3.05) is 6.61 Å². The largest absolute Gasteiger partial charge is 2.00 e. The second-order valence-corrected chi connectivity index (χ2v) is 0.316. The van der Waals surface area contributed by atoms with E-state index in [2.05, 4.69) is 0 Å². The van der Waals surface area contributed by atoms with Gasteiger partial charge in [0.1, 0.15) is 0 Å². The van der Waals surface area contributed by atoms with Gasteiger partial charge < -0.3 is 10.6 Å². The van der Waals surface area contributed by atoms with Crippen molar-refractivity contribution < 1.29 is 69.7 Å². The minimum atomic E-state index is 0. The molecular weight excluding hydrogens is 102 g/mol. The van der Waals surface area contributed by atoms with E-state index in [1.807, 2.05) is 0 Å². The Labute approximate surface area is 82.2 Å². The molecule has 1 N–H and O–H groups in total. The average molecular weight is 108 g/mol. The molecule has 6 heavy (non-hydrogen) atoms. The molecule has 0 aliphatic rings. The van der Waals surface area contributed by atoms with Crippen molar-refractivity contribution in [3.05, 3.63) is 0 Å². The van der Waals surface area contributed by atoms with Crippen LogP contribution < -0.4 is 59.1 Å². The Balaban J connectivity index is -0.00000000667. The fraction of sp³-hybridized carbons (Fsp3) is 1.00. The van der Waals surface area contributed by atoms with Gasteiger partial charge in [0.05, 0.1) is 0 Å². The third-order valence-corrected chi connectivity index (χ3v) is 0. The Morgan fingerprint density at radius 1 is 1.33 bits per heavy atom. The Hall–Kier alpha value is 1.92. The van der Waals surface area contributed by atoms with Gasteiger partial charge in [-0.3, -0.25) is 0 Å². The Morgan fingerprint density at radius 2 is 1.33 bits per heavy atom. The molecule has 0 bridgehead atoms. The molecule has 2 nitrogen and oxygen atoms in total. The molecule has 0 saturated carbocycles. The van der Waals surface area contributed by atoms with Gasteiger partial charge >= 0.3 is 59.1 Å². The van der Waals surface area contributed by atoms with Gasteiger partial charge in [0, 0.05) is 6.61 Å². The van der Waals surface area contributed by atoms with Crippen LogP contribution in [0.4, 0.5) is 0 Å². The molecule has 0 amide bonds. The minimum absolute atomic E-state index is 0. The summed E-state index contributed by atoms with van der Waals surface area (Å²) >= 11 is 0. The number of rotatable bonds is 0. The van der Waals surface area contributed by atoms with Crippen molar-refractivity contribution in [1.29, 1.82) is 0 Å². The van der Waals surface area contributed by atoms with Crippen LogP contribution in [-0.2, 0) is 5.48 Å². The normalized spacial score (nSPS) is 3.00. The summed E-state index contributed by atoms with van der Waals surface area (Å²) in [6.45, 7) is 1.93. The third-order valence-electron chi connectivity index (χ3n) is 0. The first-order chi connectivity index (χ1) is 1.41. The van der Waals surface area contributed by atoms with Gasteiger partial charge in [0.2, 0.25) is 0 Å². The van der Waals surface area contributed by atoms with Gasteiger partial charge in [-0.05, 0) is 6.92 Å². The van der Waals surface area contributed by atoms with Crippen LogP contribution in [0, 0.1) is 0 Å². The Morgan fingerprint density at radius 3 is 1.33 bits per heavy atom. The fourth-order valence-electron chi connectivity index (χ4n) is 0. The third kappa shape index (κ3) is 38.9. The zero-order chi connectivity index (χ0) is 2.71. The molecule has 0 atom stereocenters. The van der Waals surface area contributed by atoms with E-state index in [4.69, 9.17) is 5.11 Å². The smallest absolute Gasteiger partial charge is 1.00 e. The van der Waals surface area contributed by atoms with Crippen LogP contribution in [0.5, 0.6) is 0 Å². The van der Waals surface area contributed by atoms with Crippen LogP contribution in [0.1, 0.15) is 6.92 Å². The van der Waals surface area contributed by atoms with Gasteiger partial charge in [0.25, 0.3) is 0 Å². The molecule has 0 fully saturated rings. The van der Waals surface area contributed by atoms with Gasteiger partial charge in [-0.15, -0.1) is 0 Å². The molecule has 0 aliphatic heterocycles. The maximum Gasteiger partial charge on any atom is 1.00 e. The van der Waals surface area contributed by atoms with E-state index in [0.29, 0.717) is 0 Å². The second kappa shape index (κ2) is 28.4. The van der Waals surface area contributed by atoms with E-state index in [9.17, 15) is 0 Å². The van der Waals surface area contributed by atoms with Crippen molar-refractivity contribution >= 4 is 0 Å². The molecule has 0 radical (unpaired) electrons. The molecule has 0 heterocycles. The molecular formula is C2H6Na2O2. The topological polar surface area (TPSA) is 48.7 Å². The summed E-state index contributed by atoms with van der Waals surface area (Å²) in [7, 11) is 0. The van der Waals surface area contributed by atoms with E-state index >= 15 is 0 Å². The van der Waals surface area contributed by atoms with Crippen molar-refractivity contribution in [2.45, 2.75) is 6.92 Å². The number of aliphatic hydroxyl groups is 1. The number of hydrogen-bond acceptors (Lipinski definition) is 1. The van der Waals surface area contributed by atoms with E-state index in [1.165, 1.54) is 0 Å². The summed E-state index contributed by atoms with van der Waals surface area (Å²) in [6, 6.07) is 0. The van der Waals surface area contributed by atoms with Crippen LogP contribution in [0.2, 0.25) is 0 Å². The molecule has 0 saturated heterocycles. The Bertz CT molecular complexity index is 9.51. The molecule has 0 aromatic heterocycles. The SMILES string of the molecule is CCO.[Na+].[Na+].[O-2]. The summed E-state index contributed by atoms with van der Waals surface area (Å²) in [5.74, 6) is 0. The quantitative estimate of drug-likeness (QED) is 0.308. The standard InChI is InChI=1S/C2H6O.2Na.O/c1-2-3;;;/h3H,2H2,1H3;;;/q;2*+1;-2. The van der Waals surface area contributed by atoms with Crippen LogP contribution in [0.3, 0.4) is 0 Å². The van der Waals surface area contributed by atoms with Crippen molar-refractivity contribution in [3.63, 3.8) is 0 Å². The van der Waals surface area contributed by atoms with Crippen LogP contribution in [-0.4, -0.2) is 11.7 Å². The van der Waals surface area contributed by atoms with Gasteiger partial charge in [-0.1, -0.05) is 0 Å². The first-order valence-electron chi connectivity index (χ1n) is 1.02. The first kappa shape index (κ1) is 24.7. The summed E-state index contributed by atoms with van der Waals surface area (Å²) in [4.78, 5) is 0. The van der Waals surface area contributed by atoms with Crippen molar-refractivity contribution in [3.8, 4) is 0 Å². The molecule has 0 spiro atoms. The van der Waals surface area contributed by atoms with E-state index in [1.54, 1.807) is 6.92 Å². The molecule has 0 unspecified atom stereocenters. The molecule has 0 aromatic rings. The molecule has 0 aliphatic carbocycles. The first-order valence-corrected chi connectivity index (χ1v) is 1.02. The van der Waals surface area contributed by atoms with Gasteiger partial charge in [-0.25, -0.2) is 0 Å². The zero-order valence-electron chi connectivity index (χ0n) is 4.56. The van der Waals surface area contributed by atoms with E-state index < -0.39 is 0 Å².